The molecule has 0 radical (unpaired) electrons. The standard InChI is InChI=1S/C30H34N2O5/c1-21-6-3-8-24(14-21)31-30(33)29(37-25-9-4-7-22(2)15-25)19-32(18-26-10-5-13-34-26)17-23-11-12-27-28(16-23)36-20-35-27/h3-4,6-9,11-12,14-16,26,29H,5,10,13,17-20H2,1-2H3,(H,31,33)/t26-,29+/m1/s1. The molecule has 3 aromatic carbocycles. The highest BCUT2D eigenvalue weighted by Crippen LogP contribution is 2.33. The number of fused-ring (bicyclic) bond motifs is 1. The molecule has 2 atom stereocenters. The van der Waals surface area contributed by atoms with Crippen molar-refractivity contribution in [3.8, 4) is 17.2 Å². The van der Waals surface area contributed by atoms with Gasteiger partial charge in [0.25, 0.3) is 5.91 Å². The minimum absolute atomic E-state index is 0.133. The van der Waals surface area contributed by atoms with Crippen molar-refractivity contribution in [2.75, 3.05) is 31.8 Å². The van der Waals surface area contributed by atoms with Crippen molar-refractivity contribution < 1.29 is 23.7 Å². The Bertz CT molecular complexity index is 1220. The Morgan fingerprint density at radius 1 is 1.03 bits per heavy atom. The van der Waals surface area contributed by atoms with Gasteiger partial charge in [0, 0.05) is 31.9 Å². The van der Waals surface area contributed by atoms with Crippen LogP contribution in [0.3, 0.4) is 0 Å². The van der Waals surface area contributed by atoms with E-state index in [1.54, 1.807) is 0 Å². The van der Waals surface area contributed by atoms with E-state index in [2.05, 4.69) is 10.2 Å². The third kappa shape index (κ3) is 6.81. The van der Waals surface area contributed by atoms with Crippen LogP contribution in [0.15, 0.2) is 66.7 Å². The minimum atomic E-state index is -0.724. The number of aryl methyl sites for hydroxylation is 2. The molecule has 37 heavy (non-hydrogen) atoms. The fourth-order valence-corrected chi connectivity index (χ4v) is 4.78. The van der Waals surface area contributed by atoms with Crippen molar-refractivity contribution in [2.45, 2.75) is 45.4 Å². The molecule has 1 fully saturated rings. The number of anilines is 1. The molecule has 2 heterocycles. The van der Waals surface area contributed by atoms with Crippen molar-refractivity contribution in [2.24, 2.45) is 0 Å². The van der Waals surface area contributed by atoms with Gasteiger partial charge in [-0.2, -0.15) is 0 Å². The van der Waals surface area contributed by atoms with Gasteiger partial charge in [0.15, 0.2) is 17.6 Å². The van der Waals surface area contributed by atoms with Crippen LogP contribution in [-0.4, -0.2) is 49.5 Å². The van der Waals surface area contributed by atoms with E-state index in [1.165, 1.54) is 0 Å². The minimum Gasteiger partial charge on any atom is -0.479 e. The van der Waals surface area contributed by atoms with Gasteiger partial charge in [0.05, 0.1) is 6.10 Å². The quantitative estimate of drug-likeness (QED) is 0.416. The summed E-state index contributed by atoms with van der Waals surface area (Å²) in [5.41, 5.74) is 3.99. The first-order valence-electron chi connectivity index (χ1n) is 12.9. The van der Waals surface area contributed by atoms with Crippen molar-refractivity contribution in [3.05, 3.63) is 83.4 Å². The van der Waals surface area contributed by atoms with E-state index in [9.17, 15) is 4.79 Å². The predicted molar refractivity (Wildman–Crippen MR) is 142 cm³/mol. The lowest BCUT2D eigenvalue weighted by molar-refractivity contribution is -0.123. The molecule has 0 unspecified atom stereocenters. The lowest BCUT2D eigenvalue weighted by Gasteiger charge is -2.29. The summed E-state index contributed by atoms with van der Waals surface area (Å²) in [6.07, 6.45) is 1.47. The largest absolute Gasteiger partial charge is 0.479 e. The summed E-state index contributed by atoms with van der Waals surface area (Å²) in [4.78, 5) is 15.8. The van der Waals surface area contributed by atoms with Crippen LogP contribution >= 0.6 is 0 Å². The maximum atomic E-state index is 13.6. The number of carbonyl (C=O) groups excluding carboxylic acids is 1. The predicted octanol–water partition coefficient (Wildman–Crippen LogP) is 5.10. The van der Waals surface area contributed by atoms with E-state index >= 15 is 0 Å². The molecule has 0 bridgehead atoms. The average Bonchev–Trinajstić information content (AvgIpc) is 3.55. The third-order valence-corrected chi connectivity index (χ3v) is 6.60. The van der Waals surface area contributed by atoms with Crippen LogP contribution in [0.1, 0.15) is 29.5 Å². The molecule has 0 spiro atoms. The van der Waals surface area contributed by atoms with Gasteiger partial charge >= 0.3 is 0 Å². The van der Waals surface area contributed by atoms with Gasteiger partial charge < -0.3 is 24.3 Å². The Labute approximate surface area is 218 Å². The fraction of sp³-hybridized carbons (Fsp3) is 0.367. The smallest absolute Gasteiger partial charge is 0.266 e. The summed E-state index contributed by atoms with van der Waals surface area (Å²) in [5.74, 6) is 1.99. The maximum Gasteiger partial charge on any atom is 0.266 e. The molecule has 2 aliphatic rings. The number of amides is 1. The van der Waals surface area contributed by atoms with E-state index in [4.69, 9.17) is 18.9 Å². The van der Waals surface area contributed by atoms with Gasteiger partial charge in [-0.3, -0.25) is 9.69 Å². The van der Waals surface area contributed by atoms with Crippen LogP contribution in [0.25, 0.3) is 0 Å². The fourth-order valence-electron chi connectivity index (χ4n) is 4.78. The Balaban J connectivity index is 1.38. The van der Waals surface area contributed by atoms with Crippen LogP contribution in [0.2, 0.25) is 0 Å². The number of nitrogens with zero attached hydrogens (tertiary/aromatic N) is 1. The van der Waals surface area contributed by atoms with Gasteiger partial charge in [0.1, 0.15) is 5.75 Å². The number of hydrogen-bond donors (Lipinski definition) is 1. The van der Waals surface area contributed by atoms with E-state index in [0.717, 1.165) is 53.3 Å². The summed E-state index contributed by atoms with van der Waals surface area (Å²) in [6.45, 7) is 6.77. The summed E-state index contributed by atoms with van der Waals surface area (Å²) < 4.78 is 23.3. The van der Waals surface area contributed by atoms with E-state index in [-0.39, 0.29) is 18.8 Å². The molecule has 7 nitrogen and oxygen atoms in total. The third-order valence-electron chi connectivity index (χ3n) is 6.60. The summed E-state index contributed by atoms with van der Waals surface area (Å²) in [5, 5.41) is 3.06. The molecule has 3 aromatic rings. The van der Waals surface area contributed by atoms with Gasteiger partial charge in [-0.25, -0.2) is 0 Å². The number of rotatable bonds is 10. The van der Waals surface area contributed by atoms with Gasteiger partial charge in [-0.1, -0.05) is 30.3 Å². The molecular formula is C30H34N2O5. The van der Waals surface area contributed by atoms with E-state index in [0.29, 0.717) is 25.4 Å². The Kier molecular flexibility index (Phi) is 7.92. The molecule has 1 amide bonds. The summed E-state index contributed by atoms with van der Waals surface area (Å²) in [6, 6.07) is 21.6. The zero-order valence-corrected chi connectivity index (χ0v) is 21.4. The SMILES string of the molecule is Cc1cccc(NC(=O)[C@H](CN(Cc2ccc3c(c2)OCO3)C[C@H]2CCCO2)Oc2cccc(C)c2)c1. The van der Waals surface area contributed by atoms with Crippen LogP contribution in [0, 0.1) is 13.8 Å². The van der Waals surface area contributed by atoms with Crippen molar-refractivity contribution in [3.63, 3.8) is 0 Å². The molecule has 7 heteroatoms. The second-order valence-electron chi connectivity index (χ2n) is 9.80. The topological polar surface area (TPSA) is 69.3 Å². The number of hydrogen-bond acceptors (Lipinski definition) is 6. The van der Waals surface area contributed by atoms with Crippen LogP contribution in [-0.2, 0) is 16.1 Å². The van der Waals surface area contributed by atoms with Gasteiger partial charge in [-0.15, -0.1) is 0 Å². The monoisotopic (exact) mass is 502 g/mol. The number of ether oxygens (including phenoxy) is 4. The zero-order valence-electron chi connectivity index (χ0n) is 21.4. The maximum absolute atomic E-state index is 13.6. The second kappa shape index (κ2) is 11.7. The first-order valence-corrected chi connectivity index (χ1v) is 12.9. The first kappa shape index (κ1) is 25.1. The molecule has 194 valence electrons. The molecule has 0 saturated carbocycles. The Hall–Kier alpha value is -3.55. The van der Waals surface area contributed by atoms with Crippen molar-refractivity contribution in [1.29, 1.82) is 0 Å². The Morgan fingerprint density at radius 2 is 1.84 bits per heavy atom. The lowest BCUT2D eigenvalue weighted by Crippen LogP contribution is -2.45. The zero-order chi connectivity index (χ0) is 25.6. The molecule has 0 aliphatic carbocycles. The molecule has 2 aliphatic heterocycles. The number of benzene rings is 3. The van der Waals surface area contributed by atoms with Crippen LogP contribution in [0.4, 0.5) is 5.69 Å². The second-order valence-corrected chi connectivity index (χ2v) is 9.80. The summed E-state index contributed by atoms with van der Waals surface area (Å²) >= 11 is 0. The van der Waals surface area contributed by atoms with E-state index < -0.39 is 6.10 Å². The summed E-state index contributed by atoms with van der Waals surface area (Å²) in [7, 11) is 0. The Morgan fingerprint density at radius 3 is 2.62 bits per heavy atom. The lowest BCUT2D eigenvalue weighted by atomic mass is 10.1. The molecule has 5 rings (SSSR count). The normalized spacial score (nSPS) is 17.1. The average molecular weight is 503 g/mol. The molecular weight excluding hydrogens is 468 g/mol. The van der Waals surface area contributed by atoms with Crippen LogP contribution < -0.4 is 19.5 Å². The number of nitrogens with one attached hydrogen (secondary N) is 1. The highest BCUT2D eigenvalue weighted by Gasteiger charge is 2.28. The van der Waals surface area contributed by atoms with Gasteiger partial charge in [-0.05, 0) is 79.8 Å². The first-order chi connectivity index (χ1) is 18.0. The molecule has 1 saturated heterocycles. The van der Waals surface area contributed by atoms with Crippen LogP contribution in [0.5, 0.6) is 17.2 Å². The van der Waals surface area contributed by atoms with E-state index in [1.807, 2.05) is 80.6 Å². The number of carbonyl (C=O) groups is 1. The highest BCUT2D eigenvalue weighted by molar-refractivity contribution is 5.94. The van der Waals surface area contributed by atoms with Gasteiger partial charge in [0.2, 0.25) is 6.79 Å². The molecule has 1 N–H and O–H groups in total. The highest BCUT2D eigenvalue weighted by atomic mass is 16.7. The molecule has 0 aromatic heterocycles. The van der Waals surface area contributed by atoms with Crippen molar-refractivity contribution in [1.82, 2.24) is 4.90 Å². The van der Waals surface area contributed by atoms with Crippen molar-refractivity contribution >= 4 is 11.6 Å².